The van der Waals surface area contributed by atoms with Crippen molar-refractivity contribution >= 4 is 29.5 Å². The summed E-state index contributed by atoms with van der Waals surface area (Å²) >= 11 is 2.89. The Morgan fingerprint density at radius 1 is 1.14 bits per heavy atom. The van der Waals surface area contributed by atoms with E-state index in [0.29, 0.717) is 17.5 Å². The van der Waals surface area contributed by atoms with E-state index < -0.39 is 0 Å². The molecule has 0 fully saturated rings. The molecule has 0 N–H and O–H groups in total. The second-order valence-electron chi connectivity index (χ2n) is 5.57. The van der Waals surface area contributed by atoms with E-state index in [1.807, 2.05) is 61.7 Å². The van der Waals surface area contributed by atoms with Gasteiger partial charge in [0.1, 0.15) is 18.0 Å². The third-order valence-corrected chi connectivity index (χ3v) is 5.35. The lowest BCUT2D eigenvalue weighted by molar-refractivity contribution is -0.141. The van der Waals surface area contributed by atoms with Gasteiger partial charge in [-0.3, -0.25) is 4.79 Å². The van der Waals surface area contributed by atoms with Crippen molar-refractivity contribution in [3.8, 4) is 11.4 Å². The van der Waals surface area contributed by atoms with E-state index >= 15 is 0 Å². The van der Waals surface area contributed by atoms with Crippen molar-refractivity contribution in [2.45, 2.75) is 23.6 Å². The van der Waals surface area contributed by atoms with Crippen molar-refractivity contribution in [3.05, 3.63) is 54.1 Å². The normalized spacial score (nSPS) is 10.6. The third kappa shape index (κ3) is 5.26. The summed E-state index contributed by atoms with van der Waals surface area (Å²) in [5.74, 6) is 0.460. The first kappa shape index (κ1) is 20.2. The third-order valence-electron chi connectivity index (χ3n) is 3.71. The van der Waals surface area contributed by atoms with E-state index in [1.165, 1.54) is 16.7 Å². The summed E-state index contributed by atoms with van der Waals surface area (Å²) in [5, 5.41) is 12.2. The van der Waals surface area contributed by atoms with Crippen LogP contribution in [0.2, 0.25) is 0 Å². The number of nitrogens with zero attached hydrogens (tertiary/aromatic N) is 4. The predicted molar refractivity (Wildman–Crippen MR) is 109 cm³/mol. The maximum atomic E-state index is 12.1. The van der Waals surface area contributed by atoms with Gasteiger partial charge in [0.05, 0.1) is 12.4 Å². The molecule has 9 heteroatoms. The van der Waals surface area contributed by atoms with Crippen LogP contribution >= 0.6 is 23.5 Å². The highest BCUT2D eigenvalue weighted by atomic mass is 32.2. The molecule has 0 aliphatic heterocycles. The largest absolute Gasteiger partial charge is 0.492 e. The molecular formula is C19H20N4O3S2. The average molecular weight is 417 g/mol. The molecule has 0 saturated heterocycles. The molecule has 0 radical (unpaired) electrons. The molecule has 7 nitrogen and oxygen atoms in total. The molecule has 0 unspecified atom stereocenters. The monoisotopic (exact) mass is 416 g/mol. The van der Waals surface area contributed by atoms with Crippen molar-refractivity contribution < 1.29 is 14.3 Å². The number of rotatable bonds is 9. The number of aromatic nitrogens is 4. The molecule has 1 aromatic heterocycles. The summed E-state index contributed by atoms with van der Waals surface area (Å²) in [6.07, 6.45) is 2.02. The minimum atomic E-state index is -0.327. The highest BCUT2D eigenvalue weighted by Gasteiger charge is 2.15. The Morgan fingerprint density at radius 3 is 2.68 bits per heavy atom. The SMILES string of the molecule is CCOc1ccccc1-n1nnnc1SCC(=O)OCc1ccc(SC)cc1. The molecular weight excluding hydrogens is 396 g/mol. The van der Waals surface area contributed by atoms with Crippen LogP contribution in [0.5, 0.6) is 5.75 Å². The number of tetrazole rings is 1. The Balaban J connectivity index is 1.58. The smallest absolute Gasteiger partial charge is 0.316 e. The molecule has 0 bridgehead atoms. The van der Waals surface area contributed by atoms with E-state index in [2.05, 4.69) is 15.5 Å². The van der Waals surface area contributed by atoms with Gasteiger partial charge in [0.25, 0.3) is 0 Å². The molecule has 0 aliphatic rings. The number of ether oxygens (including phenoxy) is 2. The molecule has 0 spiro atoms. The summed E-state index contributed by atoms with van der Waals surface area (Å²) < 4.78 is 12.5. The van der Waals surface area contributed by atoms with Crippen LogP contribution in [-0.2, 0) is 16.1 Å². The minimum Gasteiger partial charge on any atom is -0.492 e. The van der Waals surface area contributed by atoms with Crippen LogP contribution in [0.25, 0.3) is 5.69 Å². The zero-order valence-corrected chi connectivity index (χ0v) is 17.2. The lowest BCUT2D eigenvalue weighted by atomic mass is 10.2. The van der Waals surface area contributed by atoms with E-state index in [1.54, 1.807) is 16.4 Å². The van der Waals surface area contributed by atoms with Gasteiger partial charge in [-0.1, -0.05) is 36.0 Å². The number of esters is 1. The highest BCUT2D eigenvalue weighted by molar-refractivity contribution is 7.99. The van der Waals surface area contributed by atoms with Gasteiger partial charge in [0.15, 0.2) is 0 Å². The lowest BCUT2D eigenvalue weighted by Gasteiger charge is -2.10. The molecule has 0 aliphatic carbocycles. The van der Waals surface area contributed by atoms with Crippen LogP contribution in [0.3, 0.4) is 0 Å². The predicted octanol–water partition coefficient (Wildman–Crippen LogP) is 3.62. The number of para-hydroxylation sites is 2. The van der Waals surface area contributed by atoms with Crippen molar-refractivity contribution in [2.24, 2.45) is 0 Å². The zero-order valence-electron chi connectivity index (χ0n) is 15.6. The van der Waals surface area contributed by atoms with Gasteiger partial charge in [0.2, 0.25) is 5.16 Å². The number of hydrogen-bond acceptors (Lipinski definition) is 8. The first-order chi connectivity index (χ1) is 13.7. The highest BCUT2D eigenvalue weighted by Crippen LogP contribution is 2.26. The fourth-order valence-electron chi connectivity index (χ4n) is 2.38. The fraction of sp³-hybridized carbons (Fsp3) is 0.263. The average Bonchev–Trinajstić information content (AvgIpc) is 3.20. The van der Waals surface area contributed by atoms with E-state index in [0.717, 1.165) is 11.3 Å². The summed E-state index contributed by atoms with van der Waals surface area (Å²) in [4.78, 5) is 13.3. The maximum Gasteiger partial charge on any atom is 0.316 e. The van der Waals surface area contributed by atoms with Gasteiger partial charge < -0.3 is 9.47 Å². The van der Waals surface area contributed by atoms with E-state index in [-0.39, 0.29) is 18.3 Å². The molecule has 0 amide bonds. The van der Waals surface area contributed by atoms with Gasteiger partial charge in [-0.05, 0) is 53.4 Å². The van der Waals surface area contributed by atoms with Crippen LogP contribution in [0.1, 0.15) is 12.5 Å². The number of thioether (sulfide) groups is 2. The lowest BCUT2D eigenvalue weighted by Crippen LogP contribution is -2.09. The molecule has 3 rings (SSSR count). The molecule has 0 saturated carbocycles. The second-order valence-corrected chi connectivity index (χ2v) is 7.39. The van der Waals surface area contributed by atoms with Crippen molar-refractivity contribution in [2.75, 3.05) is 18.6 Å². The summed E-state index contributed by atoms with van der Waals surface area (Å²) in [6, 6.07) is 15.4. The Labute approximate surface area is 171 Å². The molecule has 3 aromatic rings. The van der Waals surface area contributed by atoms with Crippen molar-refractivity contribution in [3.63, 3.8) is 0 Å². The molecule has 1 heterocycles. The second kappa shape index (κ2) is 10.1. The van der Waals surface area contributed by atoms with E-state index in [4.69, 9.17) is 9.47 Å². The molecule has 2 aromatic carbocycles. The van der Waals surface area contributed by atoms with Crippen LogP contribution in [0.4, 0.5) is 0 Å². The Morgan fingerprint density at radius 2 is 1.93 bits per heavy atom. The molecule has 0 atom stereocenters. The van der Waals surface area contributed by atoms with Crippen LogP contribution in [0.15, 0.2) is 58.6 Å². The van der Waals surface area contributed by atoms with Gasteiger partial charge in [-0.2, -0.15) is 4.68 Å². The van der Waals surface area contributed by atoms with E-state index in [9.17, 15) is 4.79 Å². The topological polar surface area (TPSA) is 79.1 Å². The first-order valence-electron chi connectivity index (χ1n) is 8.63. The summed E-state index contributed by atoms with van der Waals surface area (Å²) in [5.41, 5.74) is 1.67. The summed E-state index contributed by atoms with van der Waals surface area (Å²) in [6.45, 7) is 2.69. The van der Waals surface area contributed by atoms with Crippen LogP contribution < -0.4 is 4.74 Å². The van der Waals surface area contributed by atoms with Crippen molar-refractivity contribution in [1.29, 1.82) is 0 Å². The zero-order chi connectivity index (χ0) is 19.8. The fourth-order valence-corrected chi connectivity index (χ4v) is 3.47. The number of hydrogen-bond donors (Lipinski definition) is 0. The van der Waals surface area contributed by atoms with Gasteiger partial charge in [-0.25, -0.2) is 0 Å². The molecule has 146 valence electrons. The first-order valence-corrected chi connectivity index (χ1v) is 10.8. The van der Waals surface area contributed by atoms with Crippen LogP contribution in [-0.4, -0.2) is 44.8 Å². The van der Waals surface area contributed by atoms with Gasteiger partial charge >= 0.3 is 5.97 Å². The Hall–Kier alpha value is -2.52. The molecule has 28 heavy (non-hydrogen) atoms. The van der Waals surface area contributed by atoms with Crippen LogP contribution in [0, 0.1) is 0 Å². The number of carbonyl (C=O) groups excluding carboxylic acids is 1. The Bertz CT molecular complexity index is 916. The van der Waals surface area contributed by atoms with Crippen molar-refractivity contribution in [1.82, 2.24) is 20.2 Å². The minimum absolute atomic E-state index is 0.111. The number of carbonyl (C=O) groups is 1. The summed E-state index contributed by atoms with van der Waals surface area (Å²) in [7, 11) is 0. The van der Waals surface area contributed by atoms with Gasteiger partial charge in [0, 0.05) is 4.90 Å². The van der Waals surface area contributed by atoms with Gasteiger partial charge in [-0.15, -0.1) is 16.9 Å². The number of benzene rings is 2. The standard InChI is InChI=1S/C19H20N4O3S2/c1-3-25-17-7-5-4-6-16(17)23-19(20-21-22-23)28-13-18(24)26-12-14-8-10-15(27-2)11-9-14/h4-11H,3,12-13H2,1-2H3. The quantitative estimate of drug-likeness (QED) is 0.387. The maximum absolute atomic E-state index is 12.1. The Kier molecular flexibility index (Phi) is 7.32.